The Kier molecular flexibility index (Phi) is 4.00. The highest BCUT2D eigenvalue weighted by molar-refractivity contribution is 6.21. The van der Waals surface area contributed by atoms with Crippen molar-refractivity contribution in [2.45, 2.75) is 25.1 Å². The van der Waals surface area contributed by atoms with Crippen LogP contribution in [-0.4, -0.2) is 14.2 Å². The first-order valence-electron chi connectivity index (χ1n) is 6.14. The van der Waals surface area contributed by atoms with E-state index >= 15 is 0 Å². The van der Waals surface area contributed by atoms with E-state index in [1.54, 1.807) is 6.07 Å². The molecular formula is C14H18ClFO2. The lowest BCUT2D eigenvalue weighted by molar-refractivity contribution is 0.350. The van der Waals surface area contributed by atoms with Gasteiger partial charge in [0.1, 0.15) is 5.82 Å². The third-order valence-electron chi connectivity index (χ3n) is 3.63. The van der Waals surface area contributed by atoms with E-state index in [-0.39, 0.29) is 17.1 Å². The van der Waals surface area contributed by atoms with Crippen molar-refractivity contribution in [1.29, 1.82) is 0 Å². The molecule has 0 bridgehead atoms. The molecular weight excluding hydrogens is 255 g/mol. The van der Waals surface area contributed by atoms with Gasteiger partial charge in [-0.2, -0.15) is 0 Å². The van der Waals surface area contributed by atoms with Crippen molar-refractivity contribution in [2.24, 2.45) is 11.8 Å². The van der Waals surface area contributed by atoms with E-state index in [2.05, 4.69) is 6.92 Å². The number of ether oxygens (including phenoxy) is 2. The molecule has 0 saturated heterocycles. The quantitative estimate of drug-likeness (QED) is 0.749. The molecule has 4 heteroatoms. The number of methoxy groups -OCH3 is 2. The Morgan fingerprint density at radius 1 is 1.22 bits per heavy atom. The monoisotopic (exact) mass is 272 g/mol. The lowest BCUT2D eigenvalue weighted by Gasteiger charge is -2.20. The molecule has 0 aliphatic heterocycles. The van der Waals surface area contributed by atoms with Crippen LogP contribution < -0.4 is 9.47 Å². The van der Waals surface area contributed by atoms with Crippen LogP contribution >= 0.6 is 11.6 Å². The molecule has 100 valence electrons. The van der Waals surface area contributed by atoms with Gasteiger partial charge in [0.15, 0.2) is 11.5 Å². The zero-order chi connectivity index (χ0) is 13.3. The summed E-state index contributed by atoms with van der Waals surface area (Å²) < 4.78 is 24.3. The number of hydrogen-bond donors (Lipinski definition) is 0. The maximum atomic E-state index is 14.0. The number of alkyl halides is 1. The van der Waals surface area contributed by atoms with Crippen LogP contribution in [0.15, 0.2) is 12.1 Å². The van der Waals surface area contributed by atoms with E-state index in [9.17, 15) is 4.39 Å². The third-order valence-corrected chi connectivity index (χ3v) is 4.26. The number of benzene rings is 1. The van der Waals surface area contributed by atoms with E-state index in [0.29, 0.717) is 23.0 Å². The van der Waals surface area contributed by atoms with Crippen molar-refractivity contribution in [3.63, 3.8) is 0 Å². The predicted octanol–water partition coefficient (Wildman–Crippen LogP) is 4.17. The number of halogens is 2. The van der Waals surface area contributed by atoms with Crippen molar-refractivity contribution in [3.05, 3.63) is 23.5 Å². The molecule has 1 aromatic rings. The second kappa shape index (κ2) is 5.35. The van der Waals surface area contributed by atoms with Crippen molar-refractivity contribution in [1.82, 2.24) is 0 Å². The molecule has 18 heavy (non-hydrogen) atoms. The summed E-state index contributed by atoms with van der Waals surface area (Å²) in [4.78, 5) is 0. The number of rotatable bonds is 5. The minimum absolute atomic E-state index is 0.277. The Hall–Kier alpha value is -0.960. The summed E-state index contributed by atoms with van der Waals surface area (Å²) in [5.41, 5.74) is 0.494. The summed E-state index contributed by atoms with van der Waals surface area (Å²) >= 11 is 6.39. The average molecular weight is 273 g/mol. The summed E-state index contributed by atoms with van der Waals surface area (Å²) in [7, 11) is 3.02. The third kappa shape index (κ3) is 2.56. The summed E-state index contributed by atoms with van der Waals surface area (Å²) in [5, 5.41) is -0.322. The van der Waals surface area contributed by atoms with Gasteiger partial charge in [-0.1, -0.05) is 6.92 Å². The molecule has 0 amide bonds. The molecule has 0 aromatic heterocycles. The molecule has 2 atom stereocenters. The van der Waals surface area contributed by atoms with Crippen LogP contribution in [0.1, 0.15) is 30.7 Å². The SMILES string of the molecule is COc1cc(F)c(C(Cl)C(C)C2CC2)cc1OC. The minimum Gasteiger partial charge on any atom is -0.493 e. The fourth-order valence-corrected chi connectivity index (χ4v) is 2.60. The van der Waals surface area contributed by atoms with Crippen molar-refractivity contribution in [3.8, 4) is 11.5 Å². The topological polar surface area (TPSA) is 18.5 Å². The van der Waals surface area contributed by atoms with E-state index in [4.69, 9.17) is 21.1 Å². The summed E-state index contributed by atoms with van der Waals surface area (Å²) in [5.74, 6) is 1.48. The van der Waals surface area contributed by atoms with Crippen molar-refractivity contribution < 1.29 is 13.9 Å². The highest BCUT2D eigenvalue weighted by Gasteiger charge is 2.34. The second-order valence-corrected chi connectivity index (χ2v) is 5.30. The van der Waals surface area contributed by atoms with Crippen LogP contribution in [0, 0.1) is 17.7 Å². The van der Waals surface area contributed by atoms with Gasteiger partial charge >= 0.3 is 0 Å². The highest BCUT2D eigenvalue weighted by atomic mass is 35.5. The predicted molar refractivity (Wildman–Crippen MR) is 70.0 cm³/mol. The van der Waals surface area contributed by atoms with Gasteiger partial charge in [0.2, 0.25) is 0 Å². The molecule has 2 rings (SSSR count). The Bertz CT molecular complexity index is 432. The molecule has 0 spiro atoms. The molecule has 1 aliphatic rings. The lowest BCUT2D eigenvalue weighted by atomic mass is 9.95. The van der Waals surface area contributed by atoms with Crippen LogP contribution in [0.2, 0.25) is 0 Å². The molecule has 0 radical (unpaired) electrons. The molecule has 1 aromatic carbocycles. The standard InChI is InChI=1S/C14H18ClFO2/c1-8(9-4-5-9)14(15)10-6-12(17-2)13(18-3)7-11(10)16/h6-9,14H,4-5H2,1-3H3. The highest BCUT2D eigenvalue weighted by Crippen LogP contribution is 2.47. The van der Waals surface area contributed by atoms with Crippen LogP contribution in [0.5, 0.6) is 11.5 Å². The minimum atomic E-state index is -0.333. The zero-order valence-corrected chi connectivity index (χ0v) is 11.6. The molecule has 2 nitrogen and oxygen atoms in total. The fourth-order valence-electron chi connectivity index (χ4n) is 2.23. The Balaban J connectivity index is 2.31. The molecule has 1 saturated carbocycles. The number of hydrogen-bond acceptors (Lipinski definition) is 2. The summed E-state index contributed by atoms with van der Waals surface area (Å²) in [6.07, 6.45) is 2.39. The van der Waals surface area contributed by atoms with Crippen LogP contribution in [0.3, 0.4) is 0 Å². The second-order valence-electron chi connectivity index (χ2n) is 4.83. The van der Waals surface area contributed by atoms with Gasteiger partial charge in [0, 0.05) is 11.6 Å². The van der Waals surface area contributed by atoms with Crippen molar-refractivity contribution in [2.75, 3.05) is 14.2 Å². The first-order valence-corrected chi connectivity index (χ1v) is 6.57. The summed E-state index contributed by atoms with van der Waals surface area (Å²) in [6, 6.07) is 2.98. The Morgan fingerprint density at radius 3 is 2.28 bits per heavy atom. The van der Waals surface area contributed by atoms with Gasteiger partial charge in [-0.3, -0.25) is 0 Å². The maximum Gasteiger partial charge on any atom is 0.163 e. The van der Waals surface area contributed by atoms with Crippen molar-refractivity contribution >= 4 is 11.6 Å². The van der Waals surface area contributed by atoms with E-state index in [1.165, 1.54) is 33.1 Å². The summed E-state index contributed by atoms with van der Waals surface area (Å²) in [6.45, 7) is 2.07. The Morgan fingerprint density at radius 2 is 1.78 bits per heavy atom. The van der Waals surface area contributed by atoms with Gasteiger partial charge in [-0.05, 0) is 30.7 Å². The average Bonchev–Trinajstić information content (AvgIpc) is 3.20. The zero-order valence-electron chi connectivity index (χ0n) is 10.9. The maximum absolute atomic E-state index is 14.0. The van der Waals surface area contributed by atoms with Gasteiger partial charge < -0.3 is 9.47 Å². The van der Waals surface area contributed by atoms with Gasteiger partial charge in [0.05, 0.1) is 19.6 Å². The van der Waals surface area contributed by atoms with E-state index in [1.807, 2.05) is 0 Å². The molecule has 2 unspecified atom stereocenters. The van der Waals surface area contributed by atoms with E-state index < -0.39 is 0 Å². The first-order chi connectivity index (χ1) is 8.58. The van der Waals surface area contributed by atoms with Gasteiger partial charge in [0.25, 0.3) is 0 Å². The largest absolute Gasteiger partial charge is 0.493 e. The lowest BCUT2D eigenvalue weighted by Crippen LogP contribution is -2.08. The van der Waals surface area contributed by atoms with E-state index in [0.717, 1.165) is 0 Å². The molecule has 0 N–H and O–H groups in total. The molecule has 0 heterocycles. The van der Waals surface area contributed by atoms with Gasteiger partial charge in [-0.25, -0.2) is 4.39 Å². The Labute approximate surface area is 112 Å². The van der Waals surface area contributed by atoms with Crippen LogP contribution in [-0.2, 0) is 0 Å². The van der Waals surface area contributed by atoms with Crippen LogP contribution in [0.25, 0.3) is 0 Å². The molecule has 1 fully saturated rings. The smallest absolute Gasteiger partial charge is 0.163 e. The van der Waals surface area contributed by atoms with Gasteiger partial charge in [-0.15, -0.1) is 11.6 Å². The normalized spacial score (nSPS) is 18.3. The molecule has 1 aliphatic carbocycles. The fraction of sp³-hybridized carbons (Fsp3) is 0.571. The van der Waals surface area contributed by atoms with Crippen LogP contribution in [0.4, 0.5) is 4.39 Å². The first kappa shape index (κ1) is 13.5.